The highest BCUT2D eigenvalue weighted by molar-refractivity contribution is 7.91. The van der Waals surface area contributed by atoms with Crippen molar-refractivity contribution in [1.29, 1.82) is 0 Å². The highest BCUT2D eigenvalue weighted by Crippen LogP contribution is 2.23. The Labute approximate surface area is 168 Å². The molecule has 0 bridgehead atoms. The summed E-state index contributed by atoms with van der Waals surface area (Å²) in [6.45, 7) is 1.12. The lowest BCUT2D eigenvalue weighted by molar-refractivity contribution is -0.131. The van der Waals surface area contributed by atoms with Gasteiger partial charge in [0.05, 0.1) is 17.9 Å². The van der Waals surface area contributed by atoms with E-state index in [0.717, 1.165) is 17.7 Å². The minimum Gasteiger partial charge on any atom is -0.383 e. The average Bonchev–Trinajstić information content (AvgIpc) is 2.64. The average molecular weight is 429 g/mol. The standard InChI is InChI=1S/C20H22F3NO4S/c1-28-12-11-24(14-17-5-3-2-4-6-17)19(25)13-16-7-9-18(10-8-16)29(26,27)15-20(21,22)23/h2-10H,11-15H2,1H3. The van der Waals surface area contributed by atoms with Crippen LogP contribution in [0, 0.1) is 0 Å². The predicted octanol–water partition coefficient (Wildman–Crippen LogP) is 3.24. The van der Waals surface area contributed by atoms with E-state index in [1.54, 1.807) is 4.90 Å². The zero-order chi connectivity index (χ0) is 21.5. The molecule has 0 heterocycles. The highest BCUT2D eigenvalue weighted by Gasteiger charge is 2.35. The molecule has 0 aromatic heterocycles. The van der Waals surface area contributed by atoms with E-state index in [0.29, 0.717) is 25.3 Å². The van der Waals surface area contributed by atoms with Gasteiger partial charge in [0, 0.05) is 20.2 Å². The van der Waals surface area contributed by atoms with Gasteiger partial charge in [-0.25, -0.2) is 8.42 Å². The maximum Gasteiger partial charge on any atom is 0.403 e. The Kier molecular flexibility index (Phi) is 7.80. The first kappa shape index (κ1) is 22.9. The molecule has 5 nitrogen and oxygen atoms in total. The maximum atomic E-state index is 12.7. The van der Waals surface area contributed by atoms with E-state index in [-0.39, 0.29) is 12.3 Å². The normalized spacial score (nSPS) is 12.0. The van der Waals surface area contributed by atoms with Gasteiger partial charge in [-0.05, 0) is 23.3 Å². The van der Waals surface area contributed by atoms with Crippen molar-refractivity contribution in [2.45, 2.75) is 24.0 Å². The van der Waals surface area contributed by atoms with Crippen molar-refractivity contribution in [3.63, 3.8) is 0 Å². The molecule has 29 heavy (non-hydrogen) atoms. The SMILES string of the molecule is COCCN(Cc1ccccc1)C(=O)Cc1ccc(S(=O)(=O)CC(F)(F)F)cc1. The molecule has 2 aromatic rings. The van der Waals surface area contributed by atoms with Gasteiger partial charge in [-0.1, -0.05) is 42.5 Å². The second kappa shape index (κ2) is 9.89. The summed E-state index contributed by atoms with van der Waals surface area (Å²) in [6.07, 6.45) is -4.82. The van der Waals surface area contributed by atoms with Gasteiger partial charge in [-0.2, -0.15) is 13.2 Å². The molecule has 0 spiro atoms. The number of carbonyl (C=O) groups excluding carboxylic acids is 1. The second-order valence-corrected chi connectivity index (χ2v) is 8.48. The Hall–Kier alpha value is -2.39. The summed E-state index contributed by atoms with van der Waals surface area (Å²) in [7, 11) is -2.94. The van der Waals surface area contributed by atoms with E-state index in [2.05, 4.69) is 0 Å². The van der Waals surface area contributed by atoms with E-state index < -0.39 is 26.7 Å². The number of methoxy groups -OCH3 is 1. The fourth-order valence-corrected chi connectivity index (χ4v) is 3.85. The number of carbonyl (C=O) groups is 1. The van der Waals surface area contributed by atoms with Crippen LogP contribution in [0.15, 0.2) is 59.5 Å². The molecular formula is C20H22F3NO4S. The summed E-state index contributed by atoms with van der Waals surface area (Å²) < 4.78 is 65.9. The Morgan fingerprint density at radius 3 is 2.17 bits per heavy atom. The summed E-state index contributed by atoms with van der Waals surface area (Å²) in [5.74, 6) is -2.11. The molecule has 0 saturated heterocycles. The van der Waals surface area contributed by atoms with E-state index in [4.69, 9.17) is 4.74 Å². The highest BCUT2D eigenvalue weighted by atomic mass is 32.2. The number of nitrogens with zero attached hydrogens (tertiary/aromatic N) is 1. The maximum absolute atomic E-state index is 12.7. The zero-order valence-corrected chi connectivity index (χ0v) is 16.7. The Balaban J connectivity index is 2.09. The third kappa shape index (κ3) is 7.51. The number of hydrogen-bond donors (Lipinski definition) is 0. The number of halogens is 3. The molecule has 2 rings (SSSR count). The van der Waals surface area contributed by atoms with Crippen LogP contribution in [0.2, 0.25) is 0 Å². The van der Waals surface area contributed by atoms with Gasteiger partial charge in [0.25, 0.3) is 0 Å². The number of hydrogen-bond acceptors (Lipinski definition) is 4. The van der Waals surface area contributed by atoms with Gasteiger partial charge in [0.2, 0.25) is 5.91 Å². The molecule has 9 heteroatoms. The molecule has 0 atom stereocenters. The van der Waals surface area contributed by atoms with Crippen molar-refractivity contribution in [3.05, 3.63) is 65.7 Å². The van der Waals surface area contributed by atoms with Gasteiger partial charge in [0.15, 0.2) is 15.6 Å². The van der Waals surface area contributed by atoms with Crippen molar-refractivity contribution in [1.82, 2.24) is 4.90 Å². The van der Waals surface area contributed by atoms with E-state index in [1.807, 2.05) is 30.3 Å². The third-order valence-electron chi connectivity index (χ3n) is 4.13. The van der Waals surface area contributed by atoms with Crippen molar-refractivity contribution < 1.29 is 31.1 Å². The molecule has 0 aliphatic rings. The number of amides is 1. The van der Waals surface area contributed by atoms with Gasteiger partial charge in [-0.3, -0.25) is 4.79 Å². The molecule has 158 valence electrons. The lowest BCUT2D eigenvalue weighted by Crippen LogP contribution is -2.34. The topological polar surface area (TPSA) is 63.7 Å². The summed E-state index contributed by atoms with van der Waals surface area (Å²) in [5, 5.41) is 0. The first-order valence-electron chi connectivity index (χ1n) is 8.80. The van der Waals surface area contributed by atoms with Crippen LogP contribution in [-0.2, 0) is 32.3 Å². The van der Waals surface area contributed by atoms with Gasteiger partial charge in [0.1, 0.15) is 0 Å². The van der Waals surface area contributed by atoms with Crippen molar-refractivity contribution in [2.75, 3.05) is 26.0 Å². The van der Waals surface area contributed by atoms with Crippen LogP contribution in [0.3, 0.4) is 0 Å². The van der Waals surface area contributed by atoms with Gasteiger partial charge in [-0.15, -0.1) is 0 Å². The lowest BCUT2D eigenvalue weighted by Gasteiger charge is -2.23. The van der Waals surface area contributed by atoms with E-state index in [9.17, 15) is 26.4 Å². The quantitative estimate of drug-likeness (QED) is 0.614. The zero-order valence-electron chi connectivity index (χ0n) is 15.9. The number of alkyl halides is 3. The van der Waals surface area contributed by atoms with Crippen LogP contribution in [0.25, 0.3) is 0 Å². The van der Waals surface area contributed by atoms with Crippen LogP contribution in [0.5, 0.6) is 0 Å². The van der Waals surface area contributed by atoms with E-state index >= 15 is 0 Å². The number of benzene rings is 2. The van der Waals surface area contributed by atoms with Gasteiger partial charge >= 0.3 is 6.18 Å². The molecule has 0 saturated carbocycles. The second-order valence-electron chi connectivity index (χ2n) is 6.49. The third-order valence-corrected chi connectivity index (χ3v) is 5.82. The molecular weight excluding hydrogens is 407 g/mol. The first-order chi connectivity index (χ1) is 13.6. The molecule has 2 aromatic carbocycles. The van der Waals surface area contributed by atoms with Crippen molar-refractivity contribution in [2.24, 2.45) is 0 Å². The predicted molar refractivity (Wildman–Crippen MR) is 102 cm³/mol. The minimum atomic E-state index is -4.81. The monoisotopic (exact) mass is 429 g/mol. The Bertz CT molecular complexity index is 898. The lowest BCUT2D eigenvalue weighted by atomic mass is 10.1. The molecule has 0 fully saturated rings. The minimum absolute atomic E-state index is 0.00382. The van der Waals surface area contributed by atoms with Crippen LogP contribution in [0.4, 0.5) is 13.2 Å². The van der Waals surface area contributed by atoms with E-state index in [1.165, 1.54) is 19.2 Å². The summed E-state index contributed by atoms with van der Waals surface area (Å²) in [5.41, 5.74) is 1.46. The number of ether oxygens (including phenoxy) is 1. The van der Waals surface area contributed by atoms with Crippen LogP contribution in [0.1, 0.15) is 11.1 Å². The molecule has 0 unspecified atom stereocenters. The summed E-state index contributed by atoms with van der Waals surface area (Å²) >= 11 is 0. The van der Waals surface area contributed by atoms with Crippen LogP contribution in [-0.4, -0.2) is 51.4 Å². The Morgan fingerprint density at radius 1 is 1.00 bits per heavy atom. The van der Waals surface area contributed by atoms with Crippen LogP contribution < -0.4 is 0 Å². The fraction of sp³-hybridized carbons (Fsp3) is 0.350. The van der Waals surface area contributed by atoms with Crippen LogP contribution >= 0.6 is 0 Å². The molecule has 1 amide bonds. The smallest absolute Gasteiger partial charge is 0.383 e. The molecule has 0 radical (unpaired) electrons. The summed E-state index contributed by atoms with van der Waals surface area (Å²) in [4.78, 5) is 13.9. The van der Waals surface area contributed by atoms with Crippen molar-refractivity contribution in [3.8, 4) is 0 Å². The Morgan fingerprint density at radius 2 is 1.62 bits per heavy atom. The fourth-order valence-electron chi connectivity index (χ4n) is 2.70. The summed E-state index contributed by atoms with van der Waals surface area (Å²) in [6, 6.07) is 14.3. The first-order valence-corrected chi connectivity index (χ1v) is 10.4. The molecule has 0 aliphatic heterocycles. The largest absolute Gasteiger partial charge is 0.403 e. The number of rotatable bonds is 9. The molecule has 0 aliphatic carbocycles. The number of sulfone groups is 1. The molecule has 0 N–H and O–H groups in total. The van der Waals surface area contributed by atoms with Crippen molar-refractivity contribution >= 4 is 15.7 Å². The van der Waals surface area contributed by atoms with Gasteiger partial charge < -0.3 is 9.64 Å².